The van der Waals surface area contributed by atoms with Gasteiger partial charge in [0.2, 0.25) is 0 Å². The second kappa shape index (κ2) is 7.95. The predicted octanol–water partition coefficient (Wildman–Crippen LogP) is 2.31. The number of anilines is 1. The zero-order valence-electron chi connectivity index (χ0n) is 10.2. The Balaban J connectivity index is 2.38. The molecule has 17 heavy (non-hydrogen) atoms. The number of nitrogens with zero attached hydrogens (tertiary/aromatic N) is 1. The molecule has 1 aromatic rings. The summed E-state index contributed by atoms with van der Waals surface area (Å²) < 4.78 is 4.59. The zero-order chi connectivity index (χ0) is 12.5. The van der Waals surface area contributed by atoms with Gasteiger partial charge in [0, 0.05) is 29.8 Å². The molecule has 5 heteroatoms. The largest absolute Gasteiger partial charge is 0.469 e. The summed E-state index contributed by atoms with van der Waals surface area (Å²) in [6.45, 7) is 2.90. The Hall–Kier alpha value is -1.23. The van der Waals surface area contributed by atoms with Crippen molar-refractivity contribution in [3.8, 4) is 0 Å². The van der Waals surface area contributed by atoms with E-state index in [9.17, 15) is 4.79 Å². The van der Waals surface area contributed by atoms with E-state index in [1.807, 2.05) is 13.0 Å². The first kappa shape index (κ1) is 13.8. The summed E-state index contributed by atoms with van der Waals surface area (Å²) in [5.74, 6) is 2.40. The van der Waals surface area contributed by atoms with E-state index in [4.69, 9.17) is 0 Å². The summed E-state index contributed by atoms with van der Waals surface area (Å²) >= 11 is 1.71. The van der Waals surface area contributed by atoms with Gasteiger partial charge in [-0.05, 0) is 13.0 Å². The minimum absolute atomic E-state index is 0.157. The van der Waals surface area contributed by atoms with Gasteiger partial charge in [0.05, 0.1) is 13.5 Å². The fraction of sp³-hybridized carbons (Fsp3) is 0.500. The molecule has 0 aliphatic carbocycles. The maximum atomic E-state index is 10.9. The maximum absolute atomic E-state index is 10.9. The summed E-state index contributed by atoms with van der Waals surface area (Å²) in [5, 5.41) is 3.22. The molecule has 0 aliphatic heterocycles. The molecule has 0 unspecified atom stereocenters. The SMILES string of the molecule is CCNc1ncccc1CSCCC(=O)OC. The molecular formula is C12H18N2O2S. The Bertz CT molecular complexity index is 358. The molecule has 0 saturated carbocycles. The van der Waals surface area contributed by atoms with Crippen molar-refractivity contribution in [3.05, 3.63) is 23.9 Å². The third-order valence-electron chi connectivity index (χ3n) is 2.17. The van der Waals surface area contributed by atoms with Gasteiger partial charge in [-0.3, -0.25) is 4.79 Å². The summed E-state index contributed by atoms with van der Waals surface area (Å²) in [5.41, 5.74) is 1.17. The lowest BCUT2D eigenvalue weighted by Gasteiger charge is -2.08. The number of carbonyl (C=O) groups excluding carboxylic acids is 1. The van der Waals surface area contributed by atoms with E-state index in [1.165, 1.54) is 12.7 Å². The first-order chi connectivity index (χ1) is 8.27. The molecule has 0 spiro atoms. The van der Waals surface area contributed by atoms with Crippen LogP contribution in [0.2, 0.25) is 0 Å². The number of rotatable bonds is 7. The maximum Gasteiger partial charge on any atom is 0.306 e. The van der Waals surface area contributed by atoms with Gasteiger partial charge < -0.3 is 10.1 Å². The Morgan fingerprint density at radius 3 is 3.12 bits per heavy atom. The van der Waals surface area contributed by atoms with Crippen molar-refractivity contribution in [2.24, 2.45) is 0 Å². The van der Waals surface area contributed by atoms with Crippen molar-refractivity contribution in [1.82, 2.24) is 4.98 Å². The van der Waals surface area contributed by atoms with Crippen LogP contribution in [0.3, 0.4) is 0 Å². The van der Waals surface area contributed by atoms with Gasteiger partial charge in [0.15, 0.2) is 0 Å². The second-order valence-corrected chi connectivity index (χ2v) is 4.53. The van der Waals surface area contributed by atoms with Gasteiger partial charge >= 0.3 is 5.97 Å². The number of methoxy groups -OCH3 is 1. The predicted molar refractivity (Wildman–Crippen MR) is 71.2 cm³/mol. The summed E-state index contributed by atoms with van der Waals surface area (Å²) in [6, 6.07) is 3.98. The zero-order valence-corrected chi connectivity index (χ0v) is 11.0. The number of ether oxygens (including phenoxy) is 1. The molecule has 0 radical (unpaired) electrons. The van der Waals surface area contributed by atoms with E-state index in [-0.39, 0.29) is 5.97 Å². The monoisotopic (exact) mass is 254 g/mol. The van der Waals surface area contributed by atoms with Crippen LogP contribution in [-0.4, -0.2) is 30.4 Å². The van der Waals surface area contributed by atoms with E-state index < -0.39 is 0 Å². The Kier molecular flexibility index (Phi) is 6.47. The van der Waals surface area contributed by atoms with Crippen LogP contribution in [0.1, 0.15) is 18.9 Å². The average molecular weight is 254 g/mol. The van der Waals surface area contributed by atoms with Crippen molar-refractivity contribution < 1.29 is 9.53 Å². The highest BCUT2D eigenvalue weighted by atomic mass is 32.2. The van der Waals surface area contributed by atoms with E-state index >= 15 is 0 Å². The first-order valence-electron chi connectivity index (χ1n) is 5.60. The van der Waals surface area contributed by atoms with E-state index in [2.05, 4.69) is 21.1 Å². The lowest BCUT2D eigenvalue weighted by molar-refractivity contribution is -0.140. The van der Waals surface area contributed by atoms with Crippen molar-refractivity contribution in [1.29, 1.82) is 0 Å². The van der Waals surface area contributed by atoms with Crippen LogP contribution in [0.5, 0.6) is 0 Å². The normalized spacial score (nSPS) is 10.0. The number of pyridine rings is 1. The number of hydrogen-bond acceptors (Lipinski definition) is 5. The van der Waals surface area contributed by atoms with Crippen molar-refractivity contribution in [3.63, 3.8) is 0 Å². The first-order valence-corrected chi connectivity index (χ1v) is 6.75. The average Bonchev–Trinajstić information content (AvgIpc) is 2.36. The topological polar surface area (TPSA) is 51.2 Å². The molecule has 0 atom stereocenters. The third-order valence-corrected chi connectivity index (χ3v) is 3.18. The third kappa shape index (κ3) is 5.08. The van der Waals surface area contributed by atoms with Crippen LogP contribution in [-0.2, 0) is 15.3 Å². The highest BCUT2D eigenvalue weighted by molar-refractivity contribution is 7.98. The van der Waals surface area contributed by atoms with E-state index in [0.717, 1.165) is 23.9 Å². The second-order valence-electron chi connectivity index (χ2n) is 3.42. The molecule has 1 aromatic heterocycles. The standard InChI is InChI=1S/C12H18N2O2S/c1-3-13-12-10(5-4-7-14-12)9-17-8-6-11(15)16-2/h4-5,7H,3,6,8-9H2,1-2H3,(H,13,14). The molecule has 0 amide bonds. The lowest BCUT2D eigenvalue weighted by atomic mass is 10.3. The molecule has 1 heterocycles. The van der Waals surface area contributed by atoms with Crippen molar-refractivity contribution in [2.45, 2.75) is 19.1 Å². The summed E-state index contributed by atoms with van der Waals surface area (Å²) in [4.78, 5) is 15.2. The number of aromatic nitrogens is 1. The minimum atomic E-state index is -0.157. The molecule has 4 nitrogen and oxygen atoms in total. The Labute approximate surface area is 106 Å². The quantitative estimate of drug-likeness (QED) is 0.598. The van der Waals surface area contributed by atoms with E-state index in [1.54, 1.807) is 18.0 Å². The van der Waals surface area contributed by atoms with Gasteiger partial charge in [-0.2, -0.15) is 11.8 Å². The van der Waals surface area contributed by atoms with E-state index in [0.29, 0.717) is 6.42 Å². The fourth-order valence-corrected chi connectivity index (χ4v) is 2.23. The van der Waals surface area contributed by atoms with Crippen LogP contribution >= 0.6 is 11.8 Å². The van der Waals surface area contributed by atoms with Crippen LogP contribution in [0.4, 0.5) is 5.82 Å². The smallest absolute Gasteiger partial charge is 0.306 e. The Morgan fingerprint density at radius 1 is 1.59 bits per heavy atom. The van der Waals surface area contributed by atoms with Gasteiger partial charge in [0.25, 0.3) is 0 Å². The van der Waals surface area contributed by atoms with Gasteiger partial charge in [0.1, 0.15) is 5.82 Å². The lowest BCUT2D eigenvalue weighted by Crippen LogP contribution is -2.03. The molecule has 94 valence electrons. The van der Waals surface area contributed by atoms with Gasteiger partial charge in [-0.15, -0.1) is 0 Å². The Morgan fingerprint density at radius 2 is 2.41 bits per heavy atom. The molecular weight excluding hydrogens is 236 g/mol. The summed E-state index contributed by atoms with van der Waals surface area (Å²) in [7, 11) is 1.41. The van der Waals surface area contributed by atoms with Crippen LogP contribution in [0.25, 0.3) is 0 Å². The molecule has 0 bridgehead atoms. The van der Waals surface area contributed by atoms with Crippen LogP contribution in [0.15, 0.2) is 18.3 Å². The number of hydrogen-bond donors (Lipinski definition) is 1. The molecule has 0 aliphatic rings. The van der Waals surface area contributed by atoms with Crippen molar-refractivity contribution in [2.75, 3.05) is 24.7 Å². The van der Waals surface area contributed by atoms with Crippen LogP contribution < -0.4 is 5.32 Å². The number of nitrogens with one attached hydrogen (secondary N) is 1. The highest BCUT2D eigenvalue weighted by Crippen LogP contribution is 2.19. The number of carbonyl (C=O) groups is 1. The molecule has 0 aromatic carbocycles. The molecule has 0 saturated heterocycles. The molecule has 1 N–H and O–H groups in total. The highest BCUT2D eigenvalue weighted by Gasteiger charge is 2.04. The van der Waals surface area contributed by atoms with Crippen LogP contribution in [0, 0.1) is 0 Å². The summed E-state index contributed by atoms with van der Waals surface area (Å²) in [6.07, 6.45) is 2.23. The molecule has 1 rings (SSSR count). The fourth-order valence-electron chi connectivity index (χ4n) is 1.32. The van der Waals surface area contributed by atoms with Crippen molar-refractivity contribution >= 4 is 23.5 Å². The van der Waals surface area contributed by atoms with Gasteiger partial charge in [-0.1, -0.05) is 6.07 Å². The number of esters is 1. The van der Waals surface area contributed by atoms with Gasteiger partial charge in [-0.25, -0.2) is 4.98 Å². The number of thioether (sulfide) groups is 1. The molecule has 0 fully saturated rings. The minimum Gasteiger partial charge on any atom is -0.469 e.